The third-order valence-corrected chi connectivity index (χ3v) is 2.67. The second-order valence-electron chi connectivity index (χ2n) is 4.36. The van der Waals surface area contributed by atoms with Crippen molar-refractivity contribution in [1.82, 2.24) is 4.90 Å². The number of alkyl halides is 3. The quantitative estimate of drug-likeness (QED) is 0.494. The van der Waals surface area contributed by atoms with Gasteiger partial charge < -0.3 is 21.1 Å². The molecule has 118 valence electrons. The number of halogens is 3. The number of nitrogens with two attached hydrogens (primary N) is 2. The smallest absolute Gasteiger partial charge is 0.406 e. The average Bonchev–Trinajstić information content (AvgIpc) is 2.90. The molecule has 1 heterocycles. The van der Waals surface area contributed by atoms with Gasteiger partial charge in [0.1, 0.15) is 5.75 Å². The van der Waals surface area contributed by atoms with Gasteiger partial charge in [0.15, 0.2) is 5.96 Å². The van der Waals surface area contributed by atoms with E-state index in [9.17, 15) is 13.2 Å². The van der Waals surface area contributed by atoms with Crippen molar-refractivity contribution < 1.29 is 17.9 Å². The summed E-state index contributed by atoms with van der Waals surface area (Å²) in [5, 5.41) is 0. The summed E-state index contributed by atoms with van der Waals surface area (Å²) in [5.74, 6) is -0.357. The number of ether oxygens (including phenoxy) is 1. The van der Waals surface area contributed by atoms with Crippen LogP contribution in [0.5, 0.6) is 5.75 Å². The highest BCUT2D eigenvalue weighted by molar-refractivity contribution is 5.94. The van der Waals surface area contributed by atoms with E-state index in [1.165, 1.54) is 12.1 Å². The molecule has 0 aliphatic carbocycles. The molecule has 1 aliphatic rings. The van der Waals surface area contributed by atoms with E-state index in [1.807, 2.05) is 12.2 Å². The topological polar surface area (TPSA) is 89.2 Å². The summed E-state index contributed by atoms with van der Waals surface area (Å²) in [6, 6.07) is 5.10. The van der Waals surface area contributed by atoms with Crippen LogP contribution in [0.3, 0.4) is 0 Å². The van der Waals surface area contributed by atoms with E-state index in [-0.39, 0.29) is 23.4 Å². The molecule has 4 N–H and O–H groups in total. The highest BCUT2D eigenvalue weighted by Crippen LogP contribution is 2.26. The fourth-order valence-corrected chi connectivity index (χ4v) is 1.76. The summed E-state index contributed by atoms with van der Waals surface area (Å²) < 4.78 is 40.2. The molecule has 0 fully saturated rings. The number of benzene rings is 1. The Balaban J connectivity index is 2.11. The van der Waals surface area contributed by atoms with E-state index in [1.54, 1.807) is 4.90 Å². The maximum Gasteiger partial charge on any atom is 0.573 e. The van der Waals surface area contributed by atoms with Crippen molar-refractivity contribution in [2.75, 3.05) is 13.1 Å². The lowest BCUT2D eigenvalue weighted by molar-refractivity contribution is -0.274. The van der Waals surface area contributed by atoms with Crippen LogP contribution < -0.4 is 16.2 Å². The summed E-state index contributed by atoms with van der Waals surface area (Å²) in [6.45, 7) is 1.25. The van der Waals surface area contributed by atoms with Crippen molar-refractivity contribution in [1.29, 1.82) is 0 Å². The lowest BCUT2D eigenvalue weighted by atomic mass is 10.3. The standard InChI is InChI=1S/C13H14F3N5O/c14-13(15,16)22-10-5-3-4-9(8-10)19-11(17)20-12(18)21-6-1-2-7-21/h1-5,8H,6-7H2,(H4,17,18,19,20). The average molecular weight is 313 g/mol. The Bertz CT molecular complexity index is 616. The van der Waals surface area contributed by atoms with Crippen molar-refractivity contribution in [3.05, 3.63) is 36.4 Å². The van der Waals surface area contributed by atoms with Crippen molar-refractivity contribution in [3.8, 4) is 5.75 Å². The van der Waals surface area contributed by atoms with E-state index >= 15 is 0 Å². The third-order valence-electron chi connectivity index (χ3n) is 2.67. The lowest BCUT2D eigenvalue weighted by Crippen LogP contribution is -2.36. The second kappa shape index (κ2) is 6.37. The zero-order chi connectivity index (χ0) is 16.2. The Hall–Kier alpha value is -2.71. The van der Waals surface area contributed by atoms with E-state index in [4.69, 9.17) is 11.5 Å². The molecule has 1 aliphatic heterocycles. The third kappa shape index (κ3) is 4.69. The van der Waals surface area contributed by atoms with Gasteiger partial charge in [-0.2, -0.15) is 4.99 Å². The molecule has 6 nitrogen and oxygen atoms in total. The number of guanidine groups is 2. The maximum atomic E-state index is 12.1. The number of rotatable bonds is 2. The fraction of sp³-hybridized carbons (Fsp3) is 0.231. The lowest BCUT2D eigenvalue weighted by Gasteiger charge is -2.15. The van der Waals surface area contributed by atoms with Gasteiger partial charge in [-0.05, 0) is 12.1 Å². The summed E-state index contributed by atoms with van der Waals surface area (Å²) in [7, 11) is 0. The molecule has 22 heavy (non-hydrogen) atoms. The van der Waals surface area contributed by atoms with Crippen molar-refractivity contribution >= 4 is 17.6 Å². The molecule has 0 unspecified atom stereocenters. The van der Waals surface area contributed by atoms with Crippen LogP contribution in [0.25, 0.3) is 0 Å². The second-order valence-corrected chi connectivity index (χ2v) is 4.36. The van der Waals surface area contributed by atoms with Crippen LogP contribution in [-0.4, -0.2) is 36.3 Å². The fourth-order valence-electron chi connectivity index (χ4n) is 1.76. The van der Waals surface area contributed by atoms with E-state index < -0.39 is 6.36 Å². The van der Waals surface area contributed by atoms with Gasteiger partial charge in [-0.25, -0.2) is 4.99 Å². The molecule has 1 aromatic rings. The van der Waals surface area contributed by atoms with Gasteiger partial charge in [0.25, 0.3) is 0 Å². The van der Waals surface area contributed by atoms with Crippen LogP contribution in [0.15, 0.2) is 46.4 Å². The molecule has 0 saturated carbocycles. The summed E-state index contributed by atoms with van der Waals surface area (Å²) in [4.78, 5) is 9.55. The van der Waals surface area contributed by atoms with Gasteiger partial charge in [0.2, 0.25) is 5.96 Å². The molecular formula is C13H14F3N5O. The van der Waals surface area contributed by atoms with Crippen LogP contribution in [-0.2, 0) is 0 Å². The van der Waals surface area contributed by atoms with E-state index in [0.29, 0.717) is 13.1 Å². The molecule has 0 bridgehead atoms. The minimum Gasteiger partial charge on any atom is -0.406 e. The van der Waals surface area contributed by atoms with Gasteiger partial charge in [-0.3, -0.25) is 0 Å². The molecule has 0 amide bonds. The Morgan fingerprint density at radius 3 is 2.50 bits per heavy atom. The summed E-state index contributed by atoms with van der Waals surface area (Å²) in [6.07, 6.45) is -0.916. The monoisotopic (exact) mass is 313 g/mol. The molecule has 0 atom stereocenters. The van der Waals surface area contributed by atoms with Crippen LogP contribution >= 0.6 is 0 Å². The predicted octanol–water partition coefficient (Wildman–Crippen LogP) is 1.72. The highest BCUT2D eigenvalue weighted by atomic mass is 19.4. The first kappa shape index (κ1) is 15.7. The van der Waals surface area contributed by atoms with E-state index in [0.717, 1.165) is 12.1 Å². The van der Waals surface area contributed by atoms with Gasteiger partial charge in [-0.15, -0.1) is 13.2 Å². The zero-order valence-corrected chi connectivity index (χ0v) is 11.4. The Kier molecular flexibility index (Phi) is 4.54. The number of hydrogen-bond acceptors (Lipinski definition) is 2. The summed E-state index contributed by atoms with van der Waals surface area (Å²) >= 11 is 0. The molecule has 0 aromatic heterocycles. The minimum atomic E-state index is -4.76. The largest absolute Gasteiger partial charge is 0.573 e. The molecule has 0 saturated heterocycles. The van der Waals surface area contributed by atoms with Gasteiger partial charge in [0, 0.05) is 19.2 Å². The van der Waals surface area contributed by atoms with Crippen molar-refractivity contribution in [3.63, 3.8) is 0 Å². The first-order valence-corrected chi connectivity index (χ1v) is 6.27. The molecule has 1 aromatic carbocycles. The molecular weight excluding hydrogens is 299 g/mol. The van der Waals surface area contributed by atoms with Crippen molar-refractivity contribution in [2.45, 2.75) is 6.36 Å². The normalized spacial score (nSPS) is 16.2. The van der Waals surface area contributed by atoms with Gasteiger partial charge in [0.05, 0.1) is 5.69 Å². The first-order chi connectivity index (χ1) is 10.3. The van der Waals surface area contributed by atoms with Crippen LogP contribution in [0.4, 0.5) is 18.9 Å². The summed E-state index contributed by atoms with van der Waals surface area (Å²) in [5.41, 5.74) is 11.5. The van der Waals surface area contributed by atoms with Gasteiger partial charge >= 0.3 is 6.36 Å². The molecule has 0 spiro atoms. The zero-order valence-electron chi connectivity index (χ0n) is 11.4. The first-order valence-electron chi connectivity index (χ1n) is 6.27. The Morgan fingerprint density at radius 2 is 1.86 bits per heavy atom. The van der Waals surface area contributed by atoms with Crippen LogP contribution in [0, 0.1) is 0 Å². The number of hydrogen-bond donors (Lipinski definition) is 2. The SMILES string of the molecule is NC(=Nc1cccc(OC(F)(F)F)c1)N=C(N)N1CC=CC1. The van der Waals surface area contributed by atoms with Crippen molar-refractivity contribution in [2.24, 2.45) is 21.5 Å². The number of aliphatic imine (C=N–C) groups is 2. The predicted molar refractivity (Wildman–Crippen MR) is 76.7 cm³/mol. The number of nitrogens with zero attached hydrogens (tertiary/aromatic N) is 3. The van der Waals surface area contributed by atoms with Gasteiger partial charge in [-0.1, -0.05) is 18.2 Å². The maximum absolute atomic E-state index is 12.1. The Labute approximate surface area is 124 Å². The highest BCUT2D eigenvalue weighted by Gasteiger charge is 2.31. The Morgan fingerprint density at radius 1 is 1.18 bits per heavy atom. The minimum absolute atomic E-state index is 0.159. The van der Waals surface area contributed by atoms with E-state index in [2.05, 4.69) is 14.7 Å². The molecule has 2 rings (SSSR count). The van der Waals surface area contributed by atoms with Crippen LogP contribution in [0.1, 0.15) is 0 Å². The van der Waals surface area contributed by atoms with Crippen LogP contribution in [0.2, 0.25) is 0 Å². The molecule has 9 heteroatoms. The molecule has 0 radical (unpaired) electrons.